The lowest BCUT2D eigenvalue weighted by Gasteiger charge is -2.37. The second-order valence-electron chi connectivity index (χ2n) is 8.11. The Labute approximate surface area is 160 Å². The average Bonchev–Trinajstić information content (AvgIpc) is 2.96. The molecule has 0 aromatic rings. The average molecular weight is 379 g/mol. The highest BCUT2D eigenvalue weighted by molar-refractivity contribution is 7.44. The molecule has 4 unspecified atom stereocenters. The summed E-state index contributed by atoms with van der Waals surface area (Å²) in [5.74, 6) is 0.0363. The second kappa shape index (κ2) is 8.94. The monoisotopic (exact) mass is 378 g/mol. The minimum absolute atomic E-state index is 0.0363. The third-order valence-corrected chi connectivity index (χ3v) is 6.36. The van der Waals surface area contributed by atoms with Crippen molar-refractivity contribution in [1.82, 2.24) is 21.3 Å². The van der Waals surface area contributed by atoms with Crippen LogP contribution in [-0.4, -0.2) is 29.3 Å². The summed E-state index contributed by atoms with van der Waals surface area (Å²) < 4.78 is 0. The van der Waals surface area contributed by atoms with E-state index in [9.17, 15) is 4.79 Å². The normalized spacial score (nSPS) is 24.7. The molecule has 2 aliphatic heterocycles. The van der Waals surface area contributed by atoms with E-state index in [0.717, 1.165) is 31.3 Å². The topological polar surface area (TPSA) is 65.2 Å². The summed E-state index contributed by atoms with van der Waals surface area (Å²) in [5.41, 5.74) is 3.50. The van der Waals surface area contributed by atoms with Crippen molar-refractivity contribution in [2.75, 3.05) is 0 Å². The first-order valence-electron chi connectivity index (χ1n) is 9.66. The number of carbonyl (C=O) groups is 1. The van der Waals surface area contributed by atoms with E-state index in [0.29, 0.717) is 8.58 Å². The Morgan fingerprint density at radius 1 is 1.35 bits per heavy atom. The summed E-state index contributed by atoms with van der Waals surface area (Å²) in [6, 6.07) is 0.144. The van der Waals surface area contributed by atoms with Gasteiger partial charge in [-0.15, -0.1) is 6.58 Å². The predicted molar refractivity (Wildman–Crippen MR) is 112 cm³/mol. The van der Waals surface area contributed by atoms with Crippen molar-refractivity contribution >= 4 is 14.5 Å². The molecule has 2 heterocycles. The number of allylic oxidation sites excluding steroid dienone is 1. The third-order valence-electron chi connectivity index (χ3n) is 4.83. The summed E-state index contributed by atoms with van der Waals surface area (Å²) in [6.45, 7) is 14.6. The Hall–Kier alpha value is -1.48. The van der Waals surface area contributed by atoms with Gasteiger partial charge in [-0.2, -0.15) is 0 Å². The molecule has 4 atom stereocenters. The lowest BCUT2D eigenvalue weighted by Crippen LogP contribution is -2.48. The molecule has 5 nitrogen and oxygen atoms in total. The van der Waals surface area contributed by atoms with E-state index in [-0.39, 0.29) is 29.3 Å². The van der Waals surface area contributed by atoms with Crippen molar-refractivity contribution in [2.24, 2.45) is 0 Å². The Bertz CT molecular complexity index is 599. The highest BCUT2D eigenvalue weighted by Crippen LogP contribution is 2.40. The van der Waals surface area contributed by atoms with Crippen LogP contribution in [0.2, 0.25) is 0 Å². The van der Waals surface area contributed by atoms with E-state index in [1.807, 2.05) is 20.0 Å². The van der Waals surface area contributed by atoms with Gasteiger partial charge in [0.15, 0.2) is 0 Å². The van der Waals surface area contributed by atoms with E-state index in [1.165, 1.54) is 11.0 Å². The van der Waals surface area contributed by atoms with Crippen molar-refractivity contribution in [2.45, 2.75) is 83.7 Å². The van der Waals surface area contributed by atoms with Crippen LogP contribution in [0.15, 0.2) is 35.6 Å². The fourth-order valence-electron chi connectivity index (χ4n) is 3.47. The van der Waals surface area contributed by atoms with Gasteiger partial charge in [-0.25, -0.2) is 0 Å². The Balaban J connectivity index is 2.04. The van der Waals surface area contributed by atoms with Crippen LogP contribution in [0.3, 0.4) is 0 Å². The number of amides is 1. The summed E-state index contributed by atoms with van der Waals surface area (Å²) in [7, 11) is 0.547. The second-order valence-corrected chi connectivity index (χ2v) is 9.56. The molecule has 4 N–H and O–H groups in total. The van der Waals surface area contributed by atoms with Crippen LogP contribution in [0.5, 0.6) is 0 Å². The number of hydrogen-bond acceptors (Lipinski definition) is 4. The maximum absolute atomic E-state index is 12.5. The standard InChI is InChI=1S/C20H35N4OP/c1-7-9-20(6,10-8-13(2)3)24-16-12-22-18-17(26-16)15(11-21-18)19(25)23-14(4)5/h11-12,14,17-18,21-22,24,26H,2,7-10H2,1,3-6H3,(H,23,25). The first kappa shape index (κ1) is 20.8. The fourth-order valence-corrected chi connectivity index (χ4v) is 5.08. The molecule has 0 saturated heterocycles. The molecule has 2 rings (SSSR count). The van der Waals surface area contributed by atoms with E-state index in [1.54, 1.807) is 0 Å². The van der Waals surface area contributed by atoms with Crippen LogP contribution >= 0.6 is 8.58 Å². The molecule has 2 aliphatic rings. The molecule has 0 aliphatic carbocycles. The smallest absolute Gasteiger partial charge is 0.249 e. The summed E-state index contributed by atoms with van der Waals surface area (Å²) in [4.78, 5) is 12.5. The molecule has 1 amide bonds. The van der Waals surface area contributed by atoms with Gasteiger partial charge < -0.3 is 21.3 Å². The quantitative estimate of drug-likeness (QED) is 0.367. The minimum atomic E-state index is 0.0363. The largest absolute Gasteiger partial charge is 0.379 e. The molecular formula is C20H35N4OP. The maximum atomic E-state index is 12.5. The molecule has 26 heavy (non-hydrogen) atoms. The predicted octanol–water partition coefficient (Wildman–Crippen LogP) is 3.28. The summed E-state index contributed by atoms with van der Waals surface area (Å²) >= 11 is 0. The highest BCUT2D eigenvalue weighted by Gasteiger charge is 2.37. The van der Waals surface area contributed by atoms with Crippen LogP contribution in [0, 0.1) is 0 Å². The molecule has 0 aromatic heterocycles. The van der Waals surface area contributed by atoms with Crippen LogP contribution in [0.1, 0.15) is 60.3 Å². The van der Waals surface area contributed by atoms with Gasteiger partial charge in [0.25, 0.3) is 0 Å². The zero-order chi connectivity index (χ0) is 19.3. The molecule has 0 aromatic carbocycles. The van der Waals surface area contributed by atoms with Gasteiger partial charge in [0.2, 0.25) is 5.91 Å². The molecule has 6 heteroatoms. The van der Waals surface area contributed by atoms with Crippen molar-refractivity contribution in [3.8, 4) is 0 Å². The summed E-state index contributed by atoms with van der Waals surface area (Å²) in [5, 5.41) is 13.5. The zero-order valence-electron chi connectivity index (χ0n) is 16.8. The third kappa shape index (κ3) is 5.51. The number of fused-ring (bicyclic) bond motifs is 1. The first-order chi connectivity index (χ1) is 12.2. The molecule has 0 radical (unpaired) electrons. The van der Waals surface area contributed by atoms with E-state index in [4.69, 9.17) is 0 Å². The lowest BCUT2D eigenvalue weighted by molar-refractivity contribution is -0.118. The highest BCUT2D eigenvalue weighted by atomic mass is 31.1. The van der Waals surface area contributed by atoms with E-state index >= 15 is 0 Å². The van der Waals surface area contributed by atoms with Crippen molar-refractivity contribution in [3.05, 3.63) is 35.6 Å². The van der Waals surface area contributed by atoms with Gasteiger partial charge in [0.05, 0.1) is 5.66 Å². The lowest BCUT2D eigenvalue weighted by atomic mass is 9.89. The minimum Gasteiger partial charge on any atom is -0.379 e. The van der Waals surface area contributed by atoms with Crippen molar-refractivity contribution in [1.29, 1.82) is 0 Å². The van der Waals surface area contributed by atoms with Gasteiger partial charge in [-0.05, 0) is 47.0 Å². The molecule has 0 saturated carbocycles. The number of hydrogen-bond donors (Lipinski definition) is 4. The molecule has 146 valence electrons. The van der Waals surface area contributed by atoms with Gasteiger partial charge in [-0.3, -0.25) is 4.79 Å². The van der Waals surface area contributed by atoms with Gasteiger partial charge in [0, 0.05) is 35.0 Å². The van der Waals surface area contributed by atoms with Gasteiger partial charge in [-0.1, -0.05) is 27.5 Å². The van der Waals surface area contributed by atoms with E-state index in [2.05, 4.69) is 54.8 Å². The maximum Gasteiger partial charge on any atom is 0.249 e. The Kier molecular flexibility index (Phi) is 7.16. The van der Waals surface area contributed by atoms with Crippen LogP contribution in [0.4, 0.5) is 0 Å². The number of carbonyl (C=O) groups excluding carboxylic acids is 1. The Morgan fingerprint density at radius 3 is 2.65 bits per heavy atom. The van der Waals surface area contributed by atoms with Crippen LogP contribution in [-0.2, 0) is 4.79 Å². The van der Waals surface area contributed by atoms with Crippen molar-refractivity contribution < 1.29 is 4.79 Å². The number of rotatable bonds is 9. The van der Waals surface area contributed by atoms with Crippen LogP contribution in [0.25, 0.3) is 0 Å². The first-order valence-corrected chi connectivity index (χ1v) is 10.7. The molecular weight excluding hydrogens is 343 g/mol. The fraction of sp³-hybridized carbons (Fsp3) is 0.650. The van der Waals surface area contributed by atoms with Crippen LogP contribution < -0.4 is 21.3 Å². The molecule has 0 bridgehead atoms. The molecule has 0 spiro atoms. The SMILES string of the molecule is C=C(C)CCC(C)(CCC)NC1=CNC2NC=C(C(=O)NC(C)C)C2P1. The summed E-state index contributed by atoms with van der Waals surface area (Å²) in [6.07, 6.45) is 8.42. The van der Waals surface area contributed by atoms with Gasteiger partial charge in [0.1, 0.15) is 6.17 Å². The van der Waals surface area contributed by atoms with E-state index < -0.39 is 0 Å². The zero-order valence-corrected chi connectivity index (χ0v) is 17.8. The molecule has 0 fully saturated rings. The number of nitrogens with one attached hydrogen (secondary N) is 4. The van der Waals surface area contributed by atoms with Crippen molar-refractivity contribution in [3.63, 3.8) is 0 Å². The van der Waals surface area contributed by atoms with Gasteiger partial charge >= 0.3 is 0 Å². The Morgan fingerprint density at radius 2 is 2.04 bits per heavy atom.